The molecule has 0 aliphatic heterocycles. The van der Waals surface area contributed by atoms with Crippen molar-refractivity contribution in [3.8, 4) is 0 Å². The SMILES string of the molecule is CC(c1ccco1)N(C(=O)c1sc2c(c1Cl)=CCCC=2)c1ccccn1. The molecule has 0 fully saturated rings. The van der Waals surface area contributed by atoms with Gasteiger partial charge in [0.2, 0.25) is 0 Å². The Bertz CT molecular complexity index is 1040. The molecule has 0 N–H and O–H groups in total. The molecule has 3 aromatic rings. The molecular weight excluding hydrogens is 368 g/mol. The Morgan fingerprint density at radius 1 is 1.27 bits per heavy atom. The van der Waals surface area contributed by atoms with Crippen molar-refractivity contribution < 1.29 is 9.21 Å². The smallest absolute Gasteiger partial charge is 0.271 e. The Hall–Kier alpha value is -2.37. The Kier molecular flexibility index (Phi) is 4.66. The van der Waals surface area contributed by atoms with E-state index in [1.807, 2.05) is 37.3 Å². The van der Waals surface area contributed by atoms with Crippen molar-refractivity contribution in [3.63, 3.8) is 0 Å². The number of carbonyl (C=O) groups excluding carboxylic acids is 1. The van der Waals surface area contributed by atoms with Gasteiger partial charge in [0.1, 0.15) is 16.5 Å². The zero-order valence-electron chi connectivity index (χ0n) is 14.2. The number of carbonyl (C=O) groups is 1. The molecule has 4 nitrogen and oxygen atoms in total. The summed E-state index contributed by atoms with van der Waals surface area (Å²) >= 11 is 8.01. The molecule has 1 aliphatic carbocycles. The van der Waals surface area contributed by atoms with Crippen molar-refractivity contribution >= 4 is 46.8 Å². The Balaban J connectivity index is 1.82. The number of anilines is 1. The van der Waals surface area contributed by atoms with E-state index in [9.17, 15) is 4.79 Å². The van der Waals surface area contributed by atoms with Crippen molar-refractivity contribution in [1.82, 2.24) is 4.98 Å². The standard InChI is InChI=1S/C20H17ClN2O2S/c1-13(15-8-6-12-25-15)23(17-10-4-5-11-22-17)20(24)19-18(21)14-7-2-3-9-16(14)26-19/h4-13H,2-3H2,1H3. The molecule has 26 heavy (non-hydrogen) atoms. The number of hydrogen-bond donors (Lipinski definition) is 0. The number of thiophene rings is 1. The molecule has 0 radical (unpaired) electrons. The maximum Gasteiger partial charge on any atom is 0.271 e. The molecule has 1 unspecified atom stereocenters. The average molecular weight is 385 g/mol. The number of furan rings is 1. The molecule has 0 bridgehead atoms. The molecule has 0 saturated heterocycles. The number of hydrogen-bond acceptors (Lipinski definition) is 4. The highest BCUT2D eigenvalue weighted by molar-refractivity contribution is 7.12. The van der Waals surface area contributed by atoms with Gasteiger partial charge in [-0.1, -0.05) is 29.8 Å². The van der Waals surface area contributed by atoms with Gasteiger partial charge in [0, 0.05) is 15.9 Å². The second kappa shape index (κ2) is 7.09. The quantitative estimate of drug-likeness (QED) is 0.678. The van der Waals surface area contributed by atoms with E-state index in [0.717, 1.165) is 22.6 Å². The summed E-state index contributed by atoms with van der Waals surface area (Å²) in [7, 11) is 0. The molecule has 1 aliphatic rings. The zero-order valence-corrected chi connectivity index (χ0v) is 15.8. The summed E-state index contributed by atoms with van der Waals surface area (Å²) in [5.41, 5.74) is 0. The number of amides is 1. The second-order valence-electron chi connectivity index (χ2n) is 6.06. The van der Waals surface area contributed by atoms with E-state index in [0.29, 0.717) is 21.5 Å². The molecule has 132 valence electrons. The minimum Gasteiger partial charge on any atom is -0.467 e. The molecule has 3 heterocycles. The Morgan fingerprint density at radius 3 is 2.81 bits per heavy atom. The molecule has 1 atom stereocenters. The number of rotatable bonds is 4. The van der Waals surface area contributed by atoms with Gasteiger partial charge >= 0.3 is 0 Å². The number of pyridine rings is 1. The van der Waals surface area contributed by atoms with Gasteiger partial charge in [-0.25, -0.2) is 4.98 Å². The van der Waals surface area contributed by atoms with Crippen LogP contribution in [-0.2, 0) is 0 Å². The predicted molar refractivity (Wildman–Crippen MR) is 105 cm³/mol. The van der Waals surface area contributed by atoms with Crippen molar-refractivity contribution in [3.05, 3.63) is 68.2 Å². The molecule has 1 amide bonds. The van der Waals surface area contributed by atoms with E-state index in [1.54, 1.807) is 17.4 Å². The van der Waals surface area contributed by atoms with E-state index in [1.165, 1.54) is 11.3 Å². The zero-order chi connectivity index (χ0) is 18.1. The Labute approximate surface area is 160 Å². The van der Waals surface area contributed by atoms with E-state index >= 15 is 0 Å². The van der Waals surface area contributed by atoms with Crippen LogP contribution in [0.1, 0.15) is 41.2 Å². The van der Waals surface area contributed by atoms with Gasteiger partial charge in [-0.15, -0.1) is 11.3 Å². The van der Waals surface area contributed by atoms with Gasteiger partial charge in [0.15, 0.2) is 0 Å². The van der Waals surface area contributed by atoms with E-state index < -0.39 is 0 Å². The molecule has 0 spiro atoms. The summed E-state index contributed by atoms with van der Waals surface area (Å²) in [6.45, 7) is 1.92. The molecule has 0 aromatic carbocycles. The molecular formula is C20H17ClN2O2S. The number of fused-ring (bicyclic) bond motifs is 1. The average Bonchev–Trinajstić information content (AvgIpc) is 3.32. The van der Waals surface area contributed by atoms with Crippen molar-refractivity contribution in [2.24, 2.45) is 0 Å². The predicted octanol–water partition coefficient (Wildman–Crippen LogP) is 4.15. The number of aromatic nitrogens is 1. The van der Waals surface area contributed by atoms with Crippen LogP contribution in [0.5, 0.6) is 0 Å². The van der Waals surface area contributed by atoms with Crippen molar-refractivity contribution in [2.75, 3.05) is 4.90 Å². The fraction of sp³-hybridized carbons (Fsp3) is 0.200. The van der Waals surface area contributed by atoms with Crippen LogP contribution in [-0.4, -0.2) is 10.9 Å². The Morgan fingerprint density at radius 2 is 2.12 bits per heavy atom. The second-order valence-corrected chi connectivity index (χ2v) is 7.49. The molecule has 4 rings (SSSR count). The third kappa shape index (κ3) is 2.97. The van der Waals surface area contributed by atoms with Crippen LogP contribution in [0.2, 0.25) is 5.02 Å². The topological polar surface area (TPSA) is 46.3 Å². The van der Waals surface area contributed by atoms with Crippen LogP contribution in [0.3, 0.4) is 0 Å². The van der Waals surface area contributed by atoms with Crippen LogP contribution in [0, 0.1) is 0 Å². The van der Waals surface area contributed by atoms with Crippen LogP contribution >= 0.6 is 22.9 Å². The lowest BCUT2D eigenvalue weighted by Crippen LogP contribution is -2.34. The molecule has 0 saturated carbocycles. The maximum absolute atomic E-state index is 13.5. The van der Waals surface area contributed by atoms with Gasteiger partial charge in [0.25, 0.3) is 5.91 Å². The van der Waals surface area contributed by atoms with Gasteiger partial charge in [-0.05, 0) is 44.0 Å². The summed E-state index contributed by atoms with van der Waals surface area (Å²) in [6.07, 6.45) is 9.45. The lowest BCUT2D eigenvalue weighted by Gasteiger charge is -2.26. The maximum atomic E-state index is 13.5. The largest absolute Gasteiger partial charge is 0.467 e. The first-order chi connectivity index (χ1) is 12.7. The van der Waals surface area contributed by atoms with E-state index in [2.05, 4.69) is 17.1 Å². The highest BCUT2D eigenvalue weighted by Crippen LogP contribution is 2.30. The summed E-state index contributed by atoms with van der Waals surface area (Å²) in [6, 6.07) is 8.86. The number of halogens is 1. The fourth-order valence-electron chi connectivity index (χ4n) is 3.10. The van der Waals surface area contributed by atoms with E-state index in [-0.39, 0.29) is 11.9 Å². The van der Waals surface area contributed by atoms with Crippen molar-refractivity contribution in [2.45, 2.75) is 25.8 Å². The summed E-state index contributed by atoms with van der Waals surface area (Å²) in [4.78, 5) is 20.0. The first-order valence-electron chi connectivity index (χ1n) is 8.43. The van der Waals surface area contributed by atoms with Crippen LogP contribution < -0.4 is 14.7 Å². The van der Waals surface area contributed by atoms with Crippen LogP contribution in [0.4, 0.5) is 5.82 Å². The minimum atomic E-state index is -0.310. The summed E-state index contributed by atoms with van der Waals surface area (Å²) in [5, 5.41) is 1.50. The first-order valence-corrected chi connectivity index (χ1v) is 9.63. The minimum absolute atomic E-state index is 0.168. The highest BCUT2D eigenvalue weighted by atomic mass is 35.5. The third-order valence-electron chi connectivity index (χ3n) is 4.41. The summed E-state index contributed by atoms with van der Waals surface area (Å²) < 4.78 is 6.60. The van der Waals surface area contributed by atoms with Gasteiger partial charge < -0.3 is 4.42 Å². The van der Waals surface area contributed by atoms with Gasteiger partial charge in [-0.3, -0.25) is 9.69 Å². The van der Waals surface area contributed by atoms with Crippen molar-refractivity contribution in [1.29, 1.82) is 0 Å². The molecule has 6 heteroatoms. The highest BCUT2D eigenvalue weighted by Gasteiger charge is 2.30. The monoisotopic (exact) mass is 384 g/mol. The first kappa shape index (κ1) is 17.1. The number of nitrogens with zero attached hydrogens (tertiary/aromatic N) is 2. The van der Waals surface area contributed by atoms with Crippen LogP contribution in [0.25, 0.3) is 12.2 Å². The lowest BCUT2D eigenvalue weighted by molar-refractivity contribution is 0.0978. The normalized spacial score (nSPS) is 14.1. The third-order valence-corrected chi connectivity index (χ3v) is 6.10. The van der Waals surface area contributed by atoms with Crippen LogP contribution in [0.15, 0.2) is 47.2 Å². The lowest BCUT2D eigenvalue weighted by atomic mass is 10.1. The van der Waals surface area contributed by atoms with E-state index in [4.69, 9.17) is 16.0 Å². The van der Waals surface area contributed by atoms with Gasteiger partial charge in [0.05, 0.1) is 17.3 Å². The van der Waals surface area contributed by atoms with Gasteiger partial charge in [-0.2, -0.15) is 0 Å². The summed E-state index contributed by atoms with van der Waals surface area (Å²) in [5.74, 6) is 1.09. The molecule has 3 aromatic heterocycles. The fourth-order valence-corrected chi connectivity index (χ4v) is 4.64.